The first-order valence-electron chi connectivity index (χ1n) is 6.76. The molecule has 7 heteroatoms. The van der Waals surface area contributed by atoms with Crippen molar-refractivity contribution < 1.29 is 4.79 Å². The van der Waals surface area contributed by atoms with Gasteiger partial charge in [-0.05, 0) is 37.6 Å². The van der Waals surface area contributed by atoms with Crippen molar-refractivity contribution in [3.63, 3.8) is 0 Å². The van der Waals surface area contributed by atoms with Crippen molar-refractivity contribution in [3.05, 3.63) is 58.1 Å². The molecular formula is C15H14ClN5O. The summed E-state index contributed by atoms with van der Waals surface area (Å²) in [5.74, 6) is 0.177. The van der Waals surface area contributed by atoms with Crippen LogP contribution in [0.2, 0.25) is 5.02 Å². The number of hydrogen-bond acceptors (Lipinski definition) is 4. The highest BCUT2D eigenvalue weighted by atomic mass is 35.5. The van der Waals surface area contributed by atoms with Crippen LogP contribution >= 0.6 is 11.6 Å². The van der Waals surface area contributed by atoms with E-state index in [2.05, 4.69) is 20.4 Å². The number of fused-ring (bicyclic) bond motifs is 1. The third-order valence-electron chi connectivity index (χ3n) is 3.16. The van der Waals surface area contributed by atoms with Crippen LogP contribution in [0.4, 0.5) is 0 Å². The summed E-state index contributed by atoms with van der Waals surface area (Å²) in [6.07, 6.45) is 0. The molecule has 1 amide bonds. The topological polar surface area (TPSA) is 72.2 Å². The van der Waals surface area contributed by atoms with E-state index in [0.29, 0.717) is 17.3 Å². The first-order valence-corrected chi connectivity index (χ1v) is 7.14. The molecule has 0 aliphatic heterocycles. The number of nitrogens with zero attached hydrogens (tertiary/aromatic N) is 4. The van der Waals surface area contributed by atoms with Gasteiger partial charge in [-0.25, -0.2) is 9.50 Å². The summed E-state index contributed by atoms with van der Waals surface area (Å²) in [5.41, 5.74) is 2.63. The fourth-order valence-corrected chi connectivity index (χ4v) is 2.38. The molecule has 2 heterocycles. The summed E-state index contributed by atoms with van der Waals surface area (Å²) >= 11 is 5.91. The smallest absolute Gasteiger partial charge is 0.291 e. The molecule has 0 saturated heterocycles. The molecule has 1 aromatic carbocycles. The Morgan fingerprint density at radius 2 is 2.09 bits per heavy atom. The van der Waals surface area contributed by atoms with Gasteiger partial charge in [0.15, 0.2) is 0 Å². The molecule has 0 aliphatic carbocycles. The maximum Gasteiger partial charge on any atom is 0.291 e. The molecule has 0 saturated carbocycles. The van der Waals surface area contributed by atoms with Crippen LogP contribution < -0.4 is 5.32 Å². The second-order valence-electron chi connectivity index (χ2n) is 5.00. The van der Waals surface area contributed by atoms with Gasteiger partial charge < -0.3 is 5.32 Å². The SMILES string of the molecule is Cc1cc(C)n2nc(C(=O)NCc3cccc(Cl)c3)nc2n1. The lowest BCUT2D eigenvalue weighted by Gasteiger charge is -2.03. The van der Waals surface area contributed by atoms with Gasteiger partial charge in [-0.2, -0.15) is 4.98 Å². The van der Waals surface area contributed by atoms with E-state index in [1.54, 1.807) is 16.6 Å². The summed E-state index contributed by atoms with van der Waals surface area (Å²) in [5, 5.41) is 7.59. The Hall–Kier alpha value is -2.47. The van der Waals surface area contributed by atoms with Crippen LogP contribution in [0.3, 0.4) is 0 Å². The van der Waals surface area contributed by atoms with Crippen molar-refractivity contribution in [2.45, 2.75) is 20.4 Å². The average molecular weight is 316 g/mol. The van der Waals surface area contributed by atoms with Crippen LogP contribution in [0.1, 0.15) is 27.6 Å². The van der Waals surface area contributed by atoms with E-state index in [1.807, 2.05) is 32.0 Å². The number of rotatable bonds is 3. The first-order chi connectivity index (χ1) is 10.5. The maximum atomic E-state index is 12.2. The molecule has 6 nitrogen and oxygen atoms in total. The van der Waals surface area contributed by atoms with E-state index in [9.17, 15) is 4.79 Å². The number of carbonyl (C=O) groups excluding carboxylic acids is 1. The van der Waals surface area contributed by atoms with Crippen LogP contribution in [0.5, 0.6) is 0 Å². The van der Waals surface area contributed by atoms with E-state index in [-0.39, 0.29) is 11.7 Å². The zero-order chi connectivity index (χ0) is 15.7. The predicted molar refractivity (Wildman–Crippen MR) is 82.9 cm³/mol. The Bertz CT molecular complexity index is 858. The van der Waals surface area contributed by atoms with Crippen molar-refractivity contribution >= 4 is 23.3 Å². The zero-order valence-electron chi connectivity index (χ0n) is 12.2. The molecule has 1 N–H and O–H groups in total. The van der Waals surface area contributed by atoms with E-state index >= 15 is 0 Å². The lowest BCUT2D eigenvalue weighted by Crippen LogP contribution is -2.24. The summed E-state index contributed by atoms with van der Waals surface area (Å²) in [6.45, 7) is 4.13. The molecule has 112 valence electrons. The molecule has 0 atom stereocenters. The van der Waals surface area contributed by atoms with Gasteiger partial charge in [-0.15, -0.1) is 5.10 Å². The van der Waals surface area contributed by atoms with Crippen LogP contribution in [0.25, 0.3) is 5.78 Å². The Kier molecular flexibility index (Phi) is 3.77. The number of nitrogens with one attached hydrogen (secondary N) is 1. The second-order valence-corrected chi connectivity index (χ2v) is 5.44. The fraction of sp³-hybridized carbons (Fsp3) is 0.200. The largest absolute Gasteiger partial charge is 0.345 e. The molecule has 3 rings (SSSR count). The van der Waals surface area contributed by atoms with Crippen molar-refractivity contribution in [3.8, 4) is 0 Å². The van der Waals surface area contributed by atoms with Gasteiger partial charge in [0.1, 0.15) is 0 Å². The number of carbonyl (C=O) groups is 1. The van der Waals surface area contributed by atoms with E-state index < -0.39 is 0 Å². The minimum absolute atomic E-state index is 0.100. The van der Waals surface area contributed by atoms with Gasteiger partial charge in [0.05, 0.1) is 0 Å². The molecule has 0 unspecified atom stereocenters. The van der Waals surface area contributed by atoms with Crippen molar-refractivity contribution in [1.82, 2.24) is 24.9 Å². The second kappa shape index (κ2) is 5.73. The van der Waals surface area contributed by atoms with Crippen molar-refractivity contribution in [2.75, 3.05) is 0 Å². The van der Waals surface area contributed by atoms with Crippen LogP contribution in [0.15, 0.2) is 30.3 Å². The Morgan fingerprint density at radius 1 is 1.27 bits per heavy atom. The summed E-state index contributed by atoms with van der Waals surface area (Å²) < 4.78 is 1.56. The Labute approximate surface area is 132 Å². The van der Waals surface area contributed by atoms with Gasteiger partial charge in [0.2, 0.25) is 5.82 Å². The van der Waals surface area contributed by atoms with E-state index in [1.165, 1.54) is 0 Å². The minimum atomic E-state index is -0.345. The highest BCUT2D eigenvalue weighted by Crippen LogP contribution is 2.10. The summed E-state index contributed by atoms with van der Waals surface area (Å²) in [4.78, 5) is 20.6. The Balaban J connectivity index is 1.79. The highest BCUT2D eigenvalue weighted by molar-refractivity contribution is 6.30. The normalized spacial score (nSPS) is 10.9. The standard InChI is InChI=1S/C15H14ClN5O/c1-9-6-10(2)21-15(18-9)19-13(20-21)14(22)17-8-11-4-3-5-12(16)7-11/h3-7H,8H2,1-2H3,(H,17,22). The number of aryl methyl sites for hydroxylation is 2. The van der Waals surface area contributed by atoms with Gasteiger partial charge in [0, 0.05) is 23.0 Å². The third kappa shape index (κ3) is 2.92. The molecule has 0 bridgehead atoms. The molecule has 2 aromatic heterocycles. The molecule has 3 aromatic rings. The number of amides is 1. The highest BCUT2D eigenvalue weighted by Gasteiger charge is 2.14. The zero-order valence-corrected chi connectivity index (χ0v) is 12.9. The van der Waals surface area contributed by atoms with Gasteiger partial charge >= 0.3 is 0 Å². The lowest BCUT2D eigenvalue weighted by atomic mass is 10.2. The van der Waals surface area contributed by atoms with Crippen LogP contribution in [-0.4, -0.2) is 25.5 Å². The number of hydrogen-bond donors (Lipinski definition) is 1. The van der Waals surface area contributed by atoms with E-state index in [4.69, 9.17) is 11.6 Å². The van der Waals surface area contributed by atoms with E-state index in [0.717, 1.165) is 17.0 Å². The molecule has 0 radical (unpaired) electrons. The third-order valence-corrected chi connectivity index (χ3v) is 3.40. The van der Waals surface area contributed by atoms with Gasteiger partial charge in [-0.1, -0.05) is 23.7 Å². The average Bonchev–Trinajstić information content (AvgIpc) is 2.89. The van der Waals surface area contributed by atoms with Crippen LogP contribution in [0, 0.1) is 13.8 Å². The number of halogens is 1. The predicted octanol–water partition coefficient (Wildman–Crippen LogP) is 2.32. The monoisotopic (exact) mass is 315 g/mol. The number of aromatic nitrogens is 4. The first kappa shape index (κ1) is 14.5. The quantitative estimate of drug-likeness (QED) is 0.805. The van der Waals surface area contributed by atoms with Gasteiger partial charge in [0.25, 0.3) is 11.7 Å². The molecule has 0 fully saturated rings. The Morgan fingerprint density at radius 3 is 2.86 bits per heavy atom. The molecule has 0 spiro atoms. The molecule has 0 aliphatic rings. The van der Waals surface area contributed by atoms with Crippen LogP contribution in [-0.2, 0) is 6.54 Å². The van der Waals surface area contributed by atoms with Crippen molar-refractivity contribution in [2.24, 2.45) is 0 Å². The molecule has 22 heavy (non-hydrogen) atoms. The fourth-order valence-electron chi connectivity index (χ4n) is 2.17. The summed E-state index contributed by atoms with van der Waals surface area (Å²) in [6, 6.07) is 9.19. The minimum Gasteiger partial charge on any atom is -0.345 e. The lowest BCUT2D eigenvalue weighted by molar-refractivity contribution is 0.0940. The molecular weight excluding hydrogens is 302 g/mol. The van der Waals surface area contributed by atoms with Crippen molar-refractivity contribution in [1.29, 1.82) is 0 Å². The summed E-state index contributed by atoms with van der Waals surface area (Å²) in [7, 11) is 0. The van der Waals surface area contributed by atoms with Gasteiger partial charge in [-0.3, -0.25) is 4.79 Å². The maximum absolute atomic E-state index is 12.2. The number of benzene rings is 1.